The molecule has 4 N–H and O–H groups in total. The van der Waals surface area contributed by atoms with Crippen LogP contribution in [0.3, 0.4) is 0 Å². The first-order valence-electron chi connectivity index (χ1n) is 7.63. The minimum absolute atomic E-state index is 0.198. The molecule has 2 atom stereocenters. The number of nitrogen functional groups attached to an aromatic ring is 1. The molecule has 0 bridgehead atoms. The Morgan fingerprint density at radius 1 is 1.38 bits per heavy atom. The van der Waals surface area contributed by atoms with Crippen molar-refractivity contribution in [2.24, 2.45) is 0 Å². The molecule has 0 aromatic heterocycles. The highest BCUT2D eigenvalue weighted by Crippen LogP contribution is 2.27. The molecule has 1 saturated carbocycles. The van der Waals surface area contributed by atoms with Crippen LogP contribution in [0.5, 0.6) is 5.75 Å². The Morgan fingerprint density at radius 3 is 2.90 bits per heavy atom. The summed E-state index contributed by atoms with van der Waals surface area (Å²) in [6, 6.07) is 4.94. The van der Waals surface area contributed by atoms with Crippen LogP contribution in [0, 0.1) is 0 Å². The number of nitrogens with one attached hydrogen (secondary N) is 1. The quantitative estimate of drug-likeness (QED) is 0.586. The van der Waals surface area contributed by atoms with Crippen molar-refractivity contribution in [3.63, 3.8) is 0 Å². The summed E-state index contributed by atoms with van der Waals surface area (Å²) in [6.07, 6.45) is 4.20. The lowest BCUT2D eigenvalue weighted by molar-refractivity contribution is 0.0815. The summed E-state index contributed by atoms with van der Waals surface area (Å²) in [6.45, 7) is 2.30. The predicted octanol–water partition coefficient (Wildman–Crippen LogP) is 2.09. The third-order valence-electron chi connectivity index (χ3n) is 3.87. The summed E-state index contributed by atoms with van der Waals surface area (Å²) in [5.74, 6) is 0.178. The number of hydrogen-bond acceptors (Lipinski definition) is 4. The molecular formula is C16H24N2O3. The number of carbonyl (C=O) groups excluding carboxylic acids is 1. The monoisotopic (exact) mass is 292 g/mol. The van der Waals surface area contributed by atoms with E-state index in [4.69, 9.17) is 10.5 Å². The zero-order valence-electron chi connectivity index (χ0n) is 12.5. The highest BCUT2D eigenvalue weighted by molar-refractivity contribution is 5.98. The molecule has 2 rings (SSSR count). The highest BCUT2D eigenvalue weighted by atomic mass is 16.5. The molecule has 5 heteroatoms. The average Bonchev–Trinajstić information content (AvgIpc) is 2.66. The Bertz CT molecular complexity index is 490. The molecule has 1 aliphatic rings. The van der Waals surface area contributed by atoms with Crippen LogP contribution in [0.2, 0.25) is 0 Å². The second-order valence-electron chi connectivity index (χ2n) is 5.44. The molecule has 1 fully saturated rings. The molecule has 21 heavy (non-hydrogen) atoms. The van der Waals surface area contributed by atoms with Crippen LogP contribution in [0.15, 0.2) is 18.2 Å². The lowest BCUT2D eigenvalue weighted by Crippen LogP contribution is -2.42. The van der Waals surface area contributed by atoms with Crippen molar-refractivity contribution in [3.05, 3.63) is 23.8 Å². The molecule has 1 aromatic rings. The van der Waals surface area contributed by atoms with Crippen molar-refractivity contribution < 1.29 is 14.6 Å². The van der Waals surface area contributed by atoms with E-state index in [2.05, 4.69) is 5.32 Å². The Kier molecular flexibility index (Phi) is 5.44. The van der Waals surface area contributed by atoms with Crippen LogP contribution in [0.25, 0.3) is 0 Å². The van der Waals surface area contributed by atoms with Gasteiger partial charge in [0.25, 0.3) is 5.91 Å². The van der Waals surface area contributed by atoms with E-state index in [1.54, 1.807) is 18.2 Å². The van der Waals surface area contributed by atoms with Crippen LogP contribution in [0.4, 0.5) is 5.69 Å². The minimum atomic E-state index is -0.479. The van der Waals surface area contributed by atoms with Crippen molar-refractivity contribution in [1.82, 2.24) is 5.32 Å². The molecule has 0 radical (unpaired) electrons. The van der Waals surface area contributed by atoms with Gasteiger partial charge in [-0.15, -0.1) is 0 Å². The lowest BCUT2D eigenvalue weighted by atomic mass is 10.0. The smallest absolute Gasteiger partial charge is 0.255 e. The normalized spacial score (nSPS) is 22.4. The van der Waals surface area contributed by atoms with E-state index >= 15 is 0 Å². The number of hydrogen-bond donors (Lipinski definition) is 3. The average molecular weight is 292 g/mol. The number of aliphatic hydroxyl groups excluding tert-OH is 1. The number of benzene rings is 1. The van der Waals surface area contributed by atoms with Gasteiger partial charge in [0.15, 0.2) is 5.75 Å². The number of carbonyl (C=O) groups is 1. The number of anilines is 1. The maximum absolute atomic E-state index is 12.5. The maximum atomic E-state index is 12.5. The number of para-hydroxylation sites is 1. The first-order chi connectivity index (χ1) is 10.1. The summed E-state index contributed by atoms with van der Waals surface area (Å²) in [5.41, 5.74) is 6.75. The summed E-state index contributed by atoms with van der Waals surface area (Å²) in [4.78, 5) is 12.5. The van der Waals surface area contributed by atoms with Crippen molar-refractivity contribution in [1.29, 1.82) is 0 Å². The fraction of sp³-hybridized carbons (Fsp3) is 0.562. The van der Waals surface area contributed by atoms with Crippen molar-refractivity contribution in [2.45, 2.75) is 51.2 Å². The molecule has 1 amide bonds. The van der Waals surface area contributed by atoms with Crippen molar-refractivity contribution >= 4 is 11.6 Å². The van der Waals surface area contributed by atoms with Gasteiger partial charge in [-0.3, -0.25) is 4.79 Å². The molecule has 0 aliphatic heterocycles. The molecule has 1 aromatic carbocycles. The number of amides is 1. The van der Waals surface area contributed by atoms with E-state index in [1.165, 1.54) is 0 Å². The minimum Gasteiger partial charge on any atom is -0.491 e. The van der Waals surface area contributed by atoms with Gasteiger partial charge >= 0.3 is 0 Å². The van der Waals surface area contributed by atoms with Gasteiger partial charge < -0.3 is 20.9 Å². The fourth-order valence-electron chi connectivity index (χ4n) is 2.74. The number of rotatable bonds is 4. The molecule has 0 saturated heterocycles. The summed E-state index contributed by atoms with van der Waals surface area (Å²) >= 11 is 0. The number of nitrogens with two attached hydrogens (primary N) is 1. The Morgan fingerprint density at radius 2 is 2.14 bits per heavy atom. The number of aliphatic hydroxyl groups is 1. The Balaban J connectivity index is 2.14. The van der Waals surface area contributed by atoms with Crippen LogP contribution in [-0.4, -0.2) is 29.8 Å². The van der Waals surface area contributed by atoms with Gasteiger partial charge in [-0.05, 0) is 31.9 Å². The first-order valence-corrected chi connectivity index (χ1v) is 7.63. The van der Waals surface area contributed by atoms with Gasteiger partial charge in [0, 0.05) is 0 Å². The van der Waals surface area contributed by atoms with E-state index < -0.39 is 6.10 Å². The molecule has 0 spiro atoms. The van der Waals surface area contributed by atoms with E-state index in [-0.39, 0.29) is 11.9 Å². The molecule has 116 valence electrons. The van der Waals surface area contributed by atoms with Crippen LogP contribution >= 0.6 is 0 Å². The largest absolute Gasteiger partial charge is 0.491 e. The molecular weight excluding hydrogens is 268 g/mol. The van der Waals surface area contributed by atoms with Gasteiger partial charge in [-0.25, -0.2) is 0 Å². The summed E-state index contributed by atoms with van der Waals surface area (Å²) in [5, 5.41) is 13.0. The fourth-order valence-corrected chi connectivity index (χ4v) is 2.74. The molecule has 2 unspecified atom stereocenters. The molecule has 0 heterocycles. The van der Waals surface area contributed by atoms with E-state index in [0.717, 1.165) is 32.1 Å². The Hall–Kier alpha value is -1.75. The summed E-state index contributed by atoms with van der Waals surface area (Å²) < 4.78 is 5.48. The lowest BCUT2D eigenvalue weighted by Gasteiger charge is -2.22. The van der Waals surface area contributed by atoms with Crippen molar-refractivity contribution in [3.8, 4) is 5.75 Å². The van der Waals surface area contributed by atoms with Gasteiger partial charge in [0.2, 0.25) is 0 Å². The maximum Gasteiger partial charge on any atom is 0.255 e. The Labute approximate surface area is 125 Å². The van der Waals surface area contributed by atoms with Gasteiger partial charge in [-0.2, -0.15) is 0 Å². The van der Waals surface area contributed by atoms with Crippen LogP contribution < -0.4 is 15.8 Å². The SMILES string of the molecule is CCOc1c(N)cccc1C(=O)NC1CCCCCC1O. The van der Waals surface area contributed by atoms with E-state index in [1.807, 2.05) is 6.92 Å². The standard InChI is InChI=1S/C16H24N2O3/c1-2-21-15-11(7-6-8-12(15)17)16(20)18-13-9-4-3-5-10-14(13)19/h6-8,13-14,19H,2-5,9-10,17H2,1H3,(H,18,20). The third-order valence-corrected chi connectivity index (χ3v) is 3.87. The van der Waals surface area contributed by atoms with Gasteiger partial charge in [0.1, 0.15) is 0 Å². The predicted molar refractivity (Wildman–Crippen MR) is 82.4 cm³/mol. The third kappa shape index (κ3) is 3.88. The number of ether oxygens (including phenoxy) is 1. The molecule has 5 nitrogen and oxygen atoms in total. The molecule has 1 aliphatic carbocycles. The second-order valence-corrected chi connectivity index (χ2v) is 5.44. The second kappa shape index (κ2) is 7.31. The van der Waals surface area contributed by atoms with E-state index in [0.29, 0.717) is 23.6 Å². The van der Waals surface area contributed by atoms with Crippen LogP contribution in [0.1, 0.15) is 49.4 Å². The highest BCUT2D eigenvalue weighted by Gasteiger charge is 2.25. The van der Waals surface area contributed by atoms with Crippen molar-refractivity contribution in [2.75, 3.05) is 12.3 Å². The topological polar surface area (TPSA) is 84.6 Å². The van der Waals surface area contributed by atoms with Crippen LogP contribution in [-0.2, 0) is 0 Å². The van der Waals surface area contributed by atoms with Gasteiger partial charge in [0.05, 0.1) is 30.0 Å². The first kappa shape index (κ1) is 15.6. The zero-order valence-corrected chi connectivity index (χ0v) is 12.5. The zero-order chi connectivity index (χ0) is 15.2. The summed E-state index contributed by atoms with van der Waals surface area (Å²) in [7, 11) is 0. The van der Waals surface area contributed by atoms with E-state index in [9.17, 15) is 9.90 Å². The van der Waals surface area contributed by atoms with Gasteiger partial charge in [-0.1, -0.05) is 25.3 Å².